The molecule has 0 aliphatic carbocycles. The molecule has 3 rings (SSSR count). The predicted molar refractivity (Wildman–Crippen MR) is 85.7 cm³/mol. The largest absolute Gasteiger partial charge is 0.491 e. The van der Waals surface area contributed by atoms with E-state index in [2.05, 4.69) is 4.98 Å². The highest BCUT2D eigenvalue weighted by atomic mass is 19.4. The van der Waals surface area contributed by atoms with Gasteiger partial charge in [-0.15, -0.1) is 0 Å². The minimum Gasteiger partial charge on any atom is -0.491 e. The fourth-order valence-electron chi connectivity index (χ4n) is 2.68. The number of hydrogen-bond acceptors (Lipinski definition) is 4. The van der Waals surface area contributed by atoms with Gasteiger partial charge in [-0.3, -0.25) is 0 Å². The average Bonchev–Trinajstić information content (AvgIpc) is 3.12. The molecular weight excluding hydrogens is 335 g/mol. The molecule has 0 bridgehead atoms. The number of alkyl halides is 3. The Hall–Kier alpha value is -2.28. The van der Waals surface area contributed by atoms with Crippen LogP contribution < -0.4 is 9.47 Å². The van der Waals surface area contributed by atoms with Gasteiger partial charge in [0.2, 0.25) is 5.88 Å². The van der Waals surface area contributed by atoms with Gasteiger partial charge in [0, 0.05) is 18.9 Å². The number of aromatic nitrogens is 1. The van der Waals surface area contributed by atoms with Crippen molar-refractivity contribution in [3.8, 4) is 22.8 Å². The van der Waals surface area contributed by atoms with E-state index in [9.17, 15) is 13.2 Å². The molecule has 1 atom stereocenters. The summed E-state index contributed by atoms with van der Waals surface area (Å²) in [6, 6.07) is 6.89. The van der Waals surface area contributed by atoms with Crippen LogP contribution in [0.4, 0.5) is 13.2 Å². The SMILES string of the molecule is COc1cc(-c2cc(OCC3CCCO3)cc(C(F)(F)F)c2)ccn1. The van der Waals surface area contributed by atoms with E-state index < -0.39 is 11.7 Å². The molecule has 1 aliphatic rings. The zero-order valence-corrected chi connectivity index (χ0v) is 13.7. The van der Waals surface area contributed by atoms with Gasteiger partial charge in [-0.2, -0.15) is 13.2 Å². The standard InChI is InChI=1S/C18H18F3NO3/c1-23-17-9-12(4-5-22-17)13-7-14(18(19,20)21)10-16(8-13)25-11-15-3-2-6-24-15/h4-5,7-10,15H,2-3,6,11H2,1H3. The number of nitrogens with zero attached hydrogens (tertiary/aromatic N) is 1. The number of benzene rings is 1. The maximum atomic E-state index is 13.2. The van der Waals surface area contributed by atoms with Crippen LogP contribution in [0.15, 0.2) is 36.5 Å². The molecule has 2 heterocycles. The van der Waals surface area contributed by atoms with Crippen molar-refractivity contribution in [1.29, 1.82) is 0 Å². The molecule has 0 spiro atoms. The quantitative estimate of drug-likeness (QED) is 0.802. The second kappa shape index (κ2) is 7.31. The zero-order chi connectivity index (χ0) is 17.9. The Morgan fingerprint density at radius 1 is 1.20 bits per heavy atom. The van der Waals surface area contributed by atoms with Crippen LogP contribution in [-0.2, 0) is 10.9 Å². The summed E-state index contributed by atoms with van der Waals surface area (Å²) in [5.74, 6) is 0.493. The van der Waals surface area contributed by atoms with E-state index in [1.165, 1.54) is 13.3 Å². The molecule has 1 saturated heterocycles. The van der Waals surface area contributed by atoms with Crippen LogP contribution in [0.1, 0.15) is 18.4 Å². The van der Waals surface area contributed by atoms with Crippen LogP contribution >= 0.6 is 0 Å². The van der Waals surface area contributed by atoms with E-state index in [1.807, 2.05) is 0 Å². The highest BCUT2D eigenvalue weighted by Crippen LogP contribution is 2.36. The predicted octanol–water partition coefficient (Wildman–Crippen LogP) is 4.33. The third-order valence-corrected chi connectivity index (χ3v) is 3.97. The monoisotopic (exact) mass is 353 g/mol. The molecule has 1 aromatic heterocycles. The molecule has 0 N–H and O–H groups in total. The summed E-state index contributed by atoms with van der Waals surface area (Å²) in [6.07, 6.45) is -1.25. The fraction of sp³-hybridized carbons (Fsp3) is 0.389. The lowest BCUT2D eigenvalue weighted by Gasteiger charge is -2.15. The van der Waals surface area contributed by atoms with Gasteiger partial charge < -0.3 is 14.2 Å². The lowest BCUT2D eigenvalue weighted by molar-refractivity contribution is -0.137. The first-order chi connectivity index (χ1) is 12.0. The van der Waals surface area contributed by atoms with Crippen molar-refractivity contribution in [3.63, 3.8) is 0 Å². The van der Waals surface area contributed by atoms with Gasteiger partial charge >= 0.3 is 6.18 Å². The van der Waals surface area contributed by atoms with Crippen LogP contribution in [0.25, 0.3) is 11.1 Å². The lowest BCUT2D eigenvalue weighted by atomic mass is 10.0. The third-order valence-electron chi connectivity index (χ3n) is 3.97. The highest BCUT2D eigenvalue weighted by Gasteiger charge is 2.31. The Morgan fingerprint density at radius 2 is 2.04 bits per heavy atom. The summed E-state index contributed by atoms with van der Waals surface area (Å²) in [6.45, 7) is 0.902. The topological polar surface area (TPSA) is 40.6 Å². The van der Waals surface area contributed by atoms with Crippen LogP contribution in [0.3, 0.4) is 0 Å². The number of halogens is 3. The first kappa shape index (κ1) is 17.5. The van der Waals surface area contributed by atoms with Gasteiger partial charge in [0.05, 0.1) is 18.8 Å². The maximum Gasteiger partial charge on any atom is 0.416 e. The van der Waals surface area contributed by atoms with E-state index >= 15 is 0 Å². The second-order valence-corrected chi connectivity index (χ2v) is 5.78. The number of pyridine rings is 1. The molecule has 0 radical (unpaired) electrons. The Balaban J connectivity index is 1.91. The average molecular weight is 353 g/mol. The Morgan fingerprint density at radius 3 is 2.72 bits per heavy atom. The van der Waals surface area contributed by atoms with Crippen LogP contribution in [-0.4, -0.2) is 31.4 Å². The van der Waals surface area contributed by atoms with E-state index in [4.69, 9.17) is 14.2 Å². The van der Waals surface area contributed by atoms with Crippen molar-refractivity contribution in [3.05, 3.63) is 42.1 Å². The fourth-order valence-corrected chi connectivity index (χ4v) is 2.68. The number of hydrogen-bond donors (Lipinski definition) is 0. The number of methoxy groups -OCH3 is 1. The van der Waals surface area contributed by atoms with Gasteiger partial charge in [-0.25, -0.2) is 4.98 Å². The minimum atomic E-state index is -4.46. The van der Waals surface area contributed by atoms with Crippen molar-refractivity contribution in [2.24, 2.45) is 0 Å². The smallest absolute Gasteiger partial charge is 0.416 e. The van der Waals surface area contributed by atoms with Crippen LogP contribution in [0.2, 0.25) is 0 Å². The summed E-state index contributed by atoms with van der Waals surface area (Å²) >= 11 is 0. The van der Waals surface area contributed by atoms with Gasteiger partial charge in [0.1, 0.15) is 12.4 Å². The van der Waals surface area contributed by atoms with E-state index in [1.54, 1.807) is 18.2 Å². The van der Waals surface area contributed by atoms with Gasteiger partial charge in [0.25, 0.3) is 0 Å². The highest BCUT2D eigenvalue weighted by molar-refractivity contribution is 5.67. The van der Waals surface area contributed by atoms with Crippen LogP contribution in [0.5, 0.6) is 11.6 Å². The molecule has 1 unspecified atom stereocenters. The van der Waals surface area contributed by atoms with Gasteiger partial charge in [0.15, 0.2) is 0 Å². The van der Waals surface area contributed by atoms with E-state index in [0.29, 0.717) is 23.6 Å². The maximum absolute atomic E-state index is 13.2. The molecule has 25 heavy (non-hydrogen) atoms. The van der Waals surface area contributed by atoms with Gasteiger partial charge in [-0.05, 0) is 48.2 Å². The molecule has 0 saturated carbocycles. The number of rotatable bonds is 5. The first-order valence-corrected chi connectivity index (χ1v) is 7.93. The molecular formula is C18H18F3NO3. The molecule has 134 valence electrons. The van der Waals surface area contributed by atoms with Crippen molar-refractivity contribution >= 4 is 0 Å². The summed E-state index contributed by atoms with van der Waals surface area (Å²) in [7, 11) is 1.45. The first-order valence-electron chi connectivity index (χ1n) is 7.93. The van der Waals surface area contributed by atoms with Crippen molar-refractivity contribution < 1.29 is 27.4 Å². The van der Waals surface area contributed by atoms with Gasteiger partial charge in [-0.1, -0.05) is 0 Å². The normalized spacial score (nSPS) is 17.5. The molecule has 1 fully saturated rings. The Labute approximate surface area is 143 Å². The molecule has 2 aromatic rings. The van der Waals surface area contributed by atoms with Crippen molar-refractivity contribution in [2.75, 3.05) is 20.3 Å². The summed E-state index contributed by atoms with van der Waals surface area (Å²) in [4.78, 5) is 3.97. The molecule has 7 heteroatoms. The van der Waals surface area contributed by atoms with E-state index in [0.717, 1.165) is 25.0 Å². The molecule has 4 nitrogen and oxygen atoms in total. The van der Waals surface area contributed by atoms with Crippen molar-refractivity contribution in [2.45, 2.75) is 25.1 Å². The molecule has 1 aromatic carbocycles. The Bertz CT molecular complexity index is 728. The lowest BCUT2D eigenvalue weighted by Crippen LogP contribution is -2.16. The van der Waals surface area contributed by atoms with Crippen molar-refractivity contribution in [1.82, 2.24) is 4.98 Å². The molecule has 0 amide bonds. The second-order valence-electron chi connectivity index (χ2n) is 5.78. The minimum absolute atomic E-state index is 0.0704. The summed E-state index contributed by atoms with van der Waals surface area (Å²) in [5.41, 5.74) is 0.195. The molecule has 1 aliphatic heterocycles. The summed E-state index contributed by atoms with van der Waals surface area (Å²) in [5, 5.41) is 0. The Kier molecular flexibility index (Phi) is 5.13. The summed E-state index contributed by atoms with van der Waals surface area (Å²) < 4.78 is 55.8. The number of ether oxygens (including phenoxy) is 3. The van der Waals surface area contributed by atoms with E-state index in [-0.39, 0.29) is 18.5 Å². The third kappa shape index (κ3) is 4.42. The zero-order valence-electron chi connectivity index (χ0n) is 13.7. The van der Waals surface area contributed by atoms with Crippen LogP contribution in [0, 0.1) is 0 Å².